The summed E-state index contributed by atoms with van der Waals surface area (Å²) in [5, 5.41) is 15.8. The molecule has 1 saturated heterocycles. The standard InChI is InChI=1S/C13H16N2O3/c16-13(17)12-7-6-11(8-14-12)15-18-9-10-4-2-1-3-5-10/h1-5,12,14H,6-9H2,(H,16,17)/b15-11+. The molecule has 0 spiro atoms. The van der Waals surface area contributed by atoms with Crippen LogP contribution in [0, 0.1) is 0 Å². The first kappa shape index (κ1) is 12.6. The smallest absolute Gasteiger partial charge is 0.320 e. The van der Waals surface area contributed by atoms with Gasteiger partial charge in [0.05, 0.1) is 5.71 Å². The number of hydrogen-bond acceptors (Lipinski definition) is 4. The Morgan fingerprint density at radius 3 is 2.83 bits per heavy atom. The van der Waals surface area contributed by atoms with Crippen LogP contribution in [-0.4, -0.2) is 29.4 Å². The third-order valence-corrected chi connectivity index (χ3v) is 2.84. The summed E-state index contributed by atoms with van der Waals surface area (Å²) in [6, 6.07) is 9.33. The molecule has 0 amide bonds. The van der Waals surface area contributed by atoms with Crippen molar-refractivity contribution in [2.24, 2.45) is 5.16 Å². The van der Waals surface area contributed by atoms with Gasteiger partial charge in [-0.25, -0.2) is 0 Å². The van der Waals surface area contributed by atoms with Crippen LogP contribution in [0.25, 0.3) is 0 Å². The van der Waals surface area contributed by atoms with Crippen LogP contribution in [0.5, 0.6) is 0 Å². The van der Waals surface area contributed by atoms with E-state index in [1.807, 2.05) is 30.3 Å². The van der Waals surface area contributed by atoms with E-state index in [1.165, 1.54) is 0 Å². The fraction of sp³-hybridized carbons (Fsp3) is 0.385. The molecule has 5 nitrogen and oxygen atoms in total. The van der Waals surface area contributed by atoms with Crippen molar-refractivity contribution in [3.8, 4) is 0 Å². The van der Waals surface area contributed by atoms with Crippen molar-refractivity contribution in [3.05, 3.63) is 35.9 Å². The van der Waals surface area contributed by atoms with Gasteiger partial charge >= 0.3 is 5.97 Å². The predicted molar refractivity (Wildman–Crippen MR) is 67.3 cm³/mol. The molecule has 1 aromatic rings. The Balaban J connectivity index is 1.76. The summed E-state index contributed by atoms with van der Waals surface area (Å²) in [5.41, 5.74) is 1.93. The fourth-order valence-electron chi connectivity index (χ4n) is 1.80. The fourth-order valence-corrected chi connectivity index (χ4v) is 1.80. The first-order valence-corrected chi connectivity index (χ1v) is 5.93. The van der Waals surface area contributed by atoms with Gasteiger partial charge in [0.25, 0.3) is 0 Å². The van der Waals surface area contributed by atoms with Gasteiger partial charge in [0.1, 0.15) is 12.6 Å². The molecular weight excluding hydrogens is 232 g/mol. The van der Waals surface area contributed by atoms with Crippen LogP contribution in [0.15, 0.2) is 35.5 Å². The summed E-state index contributed by atoms with van der Waals surface area (Å²) in [7, 11) is 0. The Morgan fingerprint density at radius 2 is 2.22 bits per heavy atom. The second-order valence-corrected chi connectivity index (χ2v) is 4.23. The van der Waals surface area contributed by atoms with Gasteiger partial charge in [0.15, 0.2) is 0 Å². The number of nitrogens with zero attached hydrogens (tertiary/aromatic N) is 1. The number of hydrogen-bond donors (Lipinski definition) is 2. The van der Waals surface area contributed by atoms with Crippen molar-refractivity contribution >= 4 is 11.7 Å². The van der Waals surface area contributed by atoms with E-state index in [2.05, 4.69) is 10.5 Å². The molecule has 1 aliphatic heterocycles. The van der Waals surface area contributed by atoms with E-state index in [-0.39, 0.29) is 0 Å². The van der Waals surface area contributed by atoms with Crippen LogP contribution in [0.4, 0.5) is 0 Å². The highest BCUT2D eigenvalue weighted by molar-refractivity contribution is 5.88. The van der Waals surface area contributed by atoms with Crippen molar-refractivity contribution in [1.82, 2.24) is 5.32 Å². The summed E-state index contributed by atoms with van der Waals surface area (Å²) < 4.78 is 0. The number of oxime groups is 1. The summed E-state index contributed by atoms with van der Waals surface area (Å²) in [6.45, 7) is 0.915. The second-order valence-electron chi connectivity index (χ2n) is 4.23. The van der Waals surface area contributed by atoms with E-state index in [9.17, 15) is 4.79 Å². The van der Waals surface area contributed by atoms with E-state index >= 15 is 0 Å². The molecule has 0 aliphatic carbocycles. The summed E-state index contributed by atoms with van der Waals surface area (Å²) in [6.07, 6.45) is 1.22. The lowest BCUT2D eigenvalue weighted by Crippen LogP contribution is -2.44. The van der Waals surface area contributed by atoms with Crippen LogP contribution in [0.2, 0.25) is 0 Å². The van der Waals surface area contributed by atoms with Gasteiger partial charge in [0.2, 0.25) is 0 Å². The van der Waals surface area contributed by atoms with E-state index < -0.39 is 12.0 Å². The zero-order valence-corrected chi connectivity index (χ0v) is 10.0. The molecule has 0 aromatic heterocycles. The van der Waals surface area contributed by atoms with Gasteiger partial charge in [-0.1, -0.05) is 35.5 Å². The molecule has 0 saturated carbocycles. The van der Waals surface area contributed by atoms with E-state index in [1.54, 1.807) is 0 Å². The lowest BCUT2D eigenvalue weighted by Gasteiger charge is -2.20. The van der Waals surface area contributed by atoms with Gasteiger partial charge in [-0.15, -0.1) is 0 Å². The van der Waals surface area contributed by atoms with Crippen LogP contribution >= 0.6 is 0 Å². The first-order valence-electron chi connectivity index (χ1n) is 5.93. The van der Waals surface area contributed by atoms with Crippen LogP contribution < -0.4 is 5.32 Å². The SMILES string of the molecule is O=C(O)C1CC/C(=N\OCc2ccccc2)CN1. The zero-order valence-electron chi connectivity index (χ0n) is 10.0. The largest absolute Gasteiger partial charge is 0.480 e. The number of carboxylic acids is 1. The van der Waals surface area contributed by atoms with Crippen LogP contribution in [0.1, 0.15) is 18.4 Å². The lowest BCUT2D eigenvalue weighted by molar-refractivity contribution is -0.139. The maximum absolute atomic E-state index is 10.7. The summed E-state index contributed by atoms with van der Waals surface area (Å²) >= 11 is 0. The topological polar surface area (TPSA) is 70.9 Å². The van der Waals surface area contributed by atoms with E-state index in [4.69, 9.17) is 9.94 Å². The number of nitrogens with one attached hydrogen (secondary N) is 1. The predicted octanol–water partition coefficient (Wildman–Crippen LogP) is 1.40. The zero-order chi connectivity index (χ0) is 12.8. The molecule has 1 aromatic carbocycles. The van der Waals surface area contributed by atoms with E-state index in [0.717, 1.165) is 11.3 Å². The van der Waals surface area contributed by atoms with E-state index in [0.29, 0.717) is 26.0 Å². The van der Waals surface area contributed by atoms with Gasteiger partial charge in [-0.05, 0) is 18.4 Å². The Morgan fingerprint density at radius 1 is 1.44 bits per heavy atom. The minimum atomic E-state index is -0.806. The molecule has 1 aliphatic rings. The molecule has 0 bridgehead atoms. The number of piperidine rings is 1. The van der Waals surface area contributed by atoms with Gasteiger partial charge < -0.3 is 9.94 Å². The first-order chi connectivity index (χ1) is 8.75. The molecule has 1 heterocycles. The highest BCUT2D eigenvalue weighted by atomic mass is 16.6. The monoisotopic (exact) mass is 248 g/mol. The Kier molecular flexibility index (Phi) is 4.30. The number of carboxylic acid groups (broad SMARTS) is 1. The minimum Gasteiger partial charge on any atom is -0.480 e. The molecule has 5 heteroatoms. The Labute approximate surface area is 105 Å². The molecule has 96 valence electrons. The average molecular weight is 248 g/mol. The van der Waals surface area contributed by atoms with Crippen molar-refractivity contribution in [2.45, 2.75) is 25.5 Å². The maximum atomic E-state index is 10.7. The average Bonchev–Trinajstić information content (AvgIpc) is 2.40. The van der Waals surface area contributed by atoms with Crippen molar-refractivity contribution < 1.29 is 14.7 Å². The molecule has 0 radical (unpaired) electrons. The lowest BCUT2D eigenvalue weighted by atomic mass is 10.0. The molecule has 1 fully saturated rings. The number of benzene rings is 1. The van der Waals surface area contributed by atoms with Crippen molar-refractivity contribution in [2.75, 3.05) is 6.54 Å². The molecular formula is C13H16N2O3. The summed E-state index contributed by atoms with van der Waals surface area (Å²) in [4.78, 5) is 16.0. The quantitative estimate of drug-likeness (QED) is 0.790. The van der Waals surface area contributed by atoms with Gasteiger partial charge in [-0.3, -0.25) is 10.1 Å². The van der Waals surface area contributed by atoms with Crippen molar-refractivity contribution in [1.29, 1.82) is 0 Å². The Hall–Kier alpha value is -1.88. The highest BCUT2D eigenvalue weighted by Crippen LogP contribution is 2.07. The van der Waals surface area contributed by atoms with Gasteiger partial charge in [0, 0.05) is 6.54 Å². The highest BCUT2D eigenvalue weighted by Gasteiger charge is 2.22. The molecule has 1 atom stereocenters. The molecule has 2 N–H and O–H groups in total. The normalized spacial score (nSPS) is 21.8. The molecule has 2 rings (SSSR count). The second kappa shape index (κ2) is 6.16. The third kappa shape index (κ3) is 3.56. The van der Waals surface area contributed by atoms with Gasteiger partial charge in [-0.2, -0.15) is 0 Å². The molecule has 18 heavy (non-hydrogen) atoms. The number of rotatable bonds is 4. The maximum Gasteiger partial charge on any atom is 0.320 e. The number of carbonyl (C=O) groups is 1. The van der Waals surface area contributed by atoms with Crippen molar-refractivity contribution in [3.63, 3.8) is 0 Å². The minimum absolute atomic E-state index is 0.437. The number of aliphatic carboxylic acids is 1. The van der Waals surface area contributed by atoms with Crippen LogP contribution in [-0.2, 0) is 16.2 Å². The van der Waals surface area contributed by atoms with Crippen LogP contribution in [0.3, 0.4) is 0 Å². The molecule has 1 unspecified atom stereocenters. The Bertz CT molecular complexity index is 421. The summed E-state index contributed by atoms with van der Waals surface area (Å²) in [5.74, 6) is -0.806. The third-order valence-electron chi connectivity index (χ3n) is 2.84.